The summed E-state index contributed by atoms with van der Waals surface area (Å²) in [4.78, 5) is 12.4. The minimum absolute atomic E-state index is 0.173. The van der Waals surface area contributed by atoms with Crippen LogP contribution in [0.25, 0.3) is 0 Å². The largest absolute Gasteiger partial charge is 0.494 e. The quantitative estimate of drug-likeness (QED) is 0.641. The van der Waals surface area contributed by atoms with Crippen molar-refractivity contribution in [1.82, 2.24) is 0 Å². The second kappa shape index (κ2) is 10.5. The number of methoxy groups -OCH3 is 1. The highest BCUT2D eigenvalue weighted by Gasteiger charge is 2.07. The molecule has 5 heteroatoms. The predicted octanol–water partition coefficient (Wildman–Crippen LogP) is 4.39. The summed E-state index contributed by atoms with van der Waals surface area (Å²) < 4.78 is 16.2. The Morgan fingerprint density at radius 3 is 2.38 bits per heavy atom. The molecule has 0 aliphatic heterocycles. The average molecular weight is 357 g/mol. The van der Waals surface area contributed by atoms with E-state index in [0.717, 1.165) is 12.2 Å². The van der Waals surface area contributed by atoms with E-state index in [2.05, 4.69) is 19.2 Å². The van der Waals surface area contributed by atoms with Gasteiger partial charge < -0.3 is 19.5 Å². The second-order valence-corrected chi connectivity index (χ2v) is 6.38. The Kier molecular flexibility index (Phi) is 7.96. The van der Waals surface area contributed by atoms with Crippen molar-refractivity contribution in [2.75, 3.05) is 32.2 Å². The summed E-state index contributed by atoms with van der Waals surface area (Å²) in [6.45, 7) is 5.99. The van der Waals surface area contributed by atoms with Crippen LogP contribution in [0.5, 0.6) is 11.5 Å². The summed E-state index contributed by atoms with van der Waals surface area (Å²) in [6, 6.07) is 14.5. The maximum Gasteiger partial charge on any atom is 0.255 e. The first-order valence-corrected chi connectivity index (χ1v) is 8.84. The van der Waals surface area contributed by atoms with Crippen LogP contribution in [0, 0.1) is 5.92 Å². The maximum absolute atomic E-state index is 12.4. The molecular formula is C21H27NO4. The van der Waals surface area contributed by atoms with Crippen LogP contribution in [0.15, 0.2) is 48.5 Å². The molecule has 0 atom stereocenters. The number of carbonyl (C=O) groups excluding carboxylic acids is 1. The van der Waals surface area contributed by atoms with Crippen LogP contribution in [0.1, 0.15) is 30.6 Å². The molecule has 0 unspecified atom stereocenters. The van der Waals surface area contributed by atoms with Crippen LogP contribution < -0.4 is 14.8 Å². The number of hydrogen-bond acceptors (Lipinski definition) is 4. The molecule has 0 aliphatic rings. The molecule has 0 bridgehead atoms. The minimum Gasteiger partial charge on any atom is -0.494 e. The number of carbonyl (C=O) groups is 1. The van der Waals surface area contributed by atoms with Gasteiger partial charge in [0.2, 0.25) is 0 Å². The summed E-state index contributed by atoms with van der Waals surface area (Å²) in [7, 11) is 1.63. The second-order valence-electron chi connectivity index (χ2n) is 6.38. The van der Waals surface area contributed by atoms with E-state index in [9.17, 15) is 4.79 Å². The van der Waals surface area contributed by atoms with E-state index >= 15 is 0 Å². The van der Waals surface area contributed by atoms with Crippen molar-refractivity contribution in [3.8, 4) is 11.5 Å². The van der Waals surface area contributed by atoms with Gasteiger partial charge in [-0.05, 0) is 48.7 Å². The number of rotatable bonds is 10. The molecule has 0 heterocycles. The molecule has 0 aromatic heterocycles. The average Bonchev–Trinajstić information content (AvgIpc) is 2.62. The van der Waals surface area contributed by atoms with Gasteiger partial charge >= 0.3 is 0 Å². The highest BCUT2D eigenvalue weighted by molar-refractivity contribution is 6.04. The van der Waals surface area contributed by atoms with Crippen molar-refractivity contribution >= 4 is 11.6 Å². The van der Waals surface area contributed by atoms with E-state index in [-0.39, 0.29) is 5.91 Å². The van der Waals surface area contributed by atoms with E-state index in [1.54, 1.807) is 31.4 Å². The first-order valence-electron chi connectivity index (χ1n) is 8.84. The molecule has 0 fully saturated rings. The van der Waals surface area contributed by atoms with Gasteiger partial charge in [0, 0.05) is 24.4 Å². The molecule has 0 saturated heterocycles. The van der Waals surface area contributed by atoms with Gasteiger partial charge in [0.15, 0.2) is 0 Å². The third-order valence-electron chi connectivity index (χ3n) is 3.73. The SMILES string of the molecule is COCCOc1ccc(C(=O)Nc2cccc(OCCC(C)C)c2)cc1. The molecule has 1 N–H and O–H groups in total. The van der Waals surface area contributed by atoms with E-state index in [1.807, 2.05) is 24.3 Å². The Morgan fingerprint density at radius 2 is 1.69 bits per heavy atom. The third-order valence-corrected chi connectivity index (χ3v) is 3.73. The molecule has 0 radical (unpaired) electrons. The summed E-state index contributed by atoms with van der Waals surface area (Å²) >= 11 is 0. The van der Waals surface area contributed by atoms with E-state index < -0.39 is 0 Å². The van der Waals surface area contributed by atoms with Gasteiger partial charge in [0.05, 0.1) is 13.2 Å². The molecule has 1 amide bonds. The Morgan fingerprint density at radius 1 is 0.962 bits per heavy atom. The monoisotopic (exact) mass is 357 g/mol. The van der Waals surface area contributed by atoms with E-state index in [4.69, 9.17) is 14.2 Å². The fourth-order valence-electron chi connectivity index (χ4n) is 2.22. The van der Waals surface area contributed by atoms with Crippen LogP contribution in [-0.2, 0) is 4.74 Å². The molecule has 5 nitrogen and oxygen atoms in total. The van der Waals surface area contributed by atoms with Gasteiger partial charge in [0.25, 0.3) is 5.91 Å². The zero-order valence-corrected chi connectivity index (χ0v) is 15.7. The predicted molar refractivity (Wildman–Crippen MR) is 103 cm³/mol. The molecule has 0 saturated carbocycles. The topological polar surface area (TPSA) is 56.8 Å². The molecule has 0 aliphatic carbocycles. The molecular weight excluding hydrogens is 330 g/mol. The van der Waals surface area contributed by atoms with Crippen molar-refractivity contribution in [2.45, 2.75) is 20.3 Å². The normalized spacial score (nSPS) is 10.6. The van der Waals surface area contributed by atoms with Gasteiger partial charge in [-0.3, -0.25) is 4.79 Å². The molecule has 140 valence electrons. The molecule has 2 rings (SSSR count). The number of hydrogen-bond donors (Lipinski definition) is 1. The van der Waals surface area contributed by atoms with Crippen molar-refractivity contribution in [1.29, 1.82) is 0 Å². The smallest absolute Gasteiger partial charge is 0.255 e. The van der Waals surface area contributed by atoms with E-state index in [1.165, 1.54) is 0 Å². The van der Waals surface area contributed by atoms with Gasteiger partial charge in [-0.15, -0.1) is 0 Å². The van der Waals surface area contributed by atoms with Crippen LogP contribution in [0.4, 0.5) is 5.69 Å². The number of nitrogens with one attached hydrogen (secondary N) is 1. The summed E-state index contributed by atoms with van der Waals surface area (Å²) in [5.41, 5.74) is 1.27. The highest BCUT2D eigenvalue weighted by atomic mass is 16.5. The fraction of sp³-hybridized carbons (Fsp3) is 0.381. The first kappa shape index (κ1) is 19.8. The Labute approximate surface area is 155 Å². The van der Waals surface area contributed by atoms with Crippen molar-refractivity contribution in [3.05, 3.63) is 54.1 Å². The molecule has 0 spiro atoms. The fourth-order valence-corrected chi connectivity index (χ4v) is 2.22. The standard InChI is InChI=1S/C21H27NO4/c1-16(2)11-12-25-20-6-4-5-18(15-20)22-21(23)17-7-9-19(10-8-17)26-14-13-24-3/h4-10,15-16H,11-14H2,1-3H3,(H,22,23). The van der Waals surface area contributed by atoms with Crippen LogP contribution >= 0.6 is 0 Å². The summed E-state index contributed by atoms with van der Waals surface area (Å²) in [5.74, 6) is 1.89. The van der Waals surface area contributed by atoms with Gasteiger partial charge in [-0.25, -0.2) is 0 Å². The van der Waals surface area contributed by atoms with Gasteiger partial charge in [-0.2, -0.15) is 0 Å². The lowest BCUT2D eigenvalue weighted by atomic mass is 10.1. The van der Waals surface area contributed by atoms with Gasteiger partial charge in [0.1, 0.15) is 18.1 Å². The Hall–Kier alpha value is -2.53. The number of amides is 1. The lowest BCUT2D eigenvalue weighted by molar-refractivity contribution is 0.102. The third kappa shape index (κ3) is 6.76. The van der Waals surface area contributed by atoms with Crippen molar-refractivity contribution in [3.63, 3.8) is 0 Å². The molecule has 2 aromatic rings. The Bertz CT molecular complexity index is 683. The lowest BCUT2D eigenvalue weighted by Gasteiger charge is -2.11. The highest BCUT2D eigenvalue weighted by Crippen LogP contribution is 2.19. The maximum atomic E-state index is 12.4. The van der Waals surface area contributed by atoms with E-state index in [0.29, 0.717) is 42.7 Å². The summed E-state index contributed by atoms with van der Waals surface area (Å²) in [5, 5.41) is 2.89. The number of ether oxygens (including phenoxy) is 3. The Balaban J connectivity index is 1.90. The number of benzene rings is 2. The first-order chi connectivity index (χ1) is 12.6. The van der Waals surface area contributed by atoms with Crippen LogP contribution in [0.2, 0.25) is 0 Å². The summed E-state index contributed by atoms with van der Waals surface area (Å²) in [6.07, 6.45) is 0.995. The minimum atomic E-state index is -0.173. The molecule has 2 aromatic carbocycles. The van der Waals surface area contributed by atoms with Crippen LogP contribution in [-0.4, -0.2) is 32.8 Å². The zero-order chi connectivity index (χ0) is 18.8. The molecule has 26 heavy (non-hydrogen) atoms. The zero-order valence-electron chi connectivity index (χ0n) is 15.7. The lowest BCUT2D eigenvalue weighted by Crippen LogP contribution is -2.12. The van der Waals surface area contributed by atoms with Crippen molar-refractivity contribution in [2.24, 2.45) is 5.92 Å². The van der Waals surface area contributed by atoms with Crippen molar-refractivity contribution < 1.29 is 19.0 Å². The van der Waals surface area contributed by atoms with Gasteiger partial charge in [-0.1, -0.05) is 19.9 Å². The van der Waals surface area contributed by atoms with Crippen LogP contribution in [0.3, 0.4) is 0 Å². The number of anilines is 1.